The molecule has 0 N–H and O–H groups in total. The summed E-state index contributed by atoms with van der Waals surface area (Å²) in [5.41, 5.74) is 2.16. The topological polar surface area (TPSA) is 64.4 Å². The van der Waals surface area contributed by atoms with E-state index in [0.29, 0.717) is 31.4 Å². The molecule has 7 heteroatoms. The smallest absolute Gasteiger partial charge is 0.246 e. The Morgan fingerprint density at radius 3 is 2.52 bits per heavy atom. The van der Waals surface area contributed by atoms with E-state index < -0.39 is 10.0 Å². The minimum atomic E-state index is -3.55. The fourth-order valence-electron chi connectivity index (χ4n) is 4.09. The number of ether oxygens (including phenoxy) is 1. The zero-order valence-corrected chi connectivity index (χ0v) is 17.7. The number of aryl methyl sites for hydroxylation is 1. The lowest BCUT2D eigenvalue weighted by Crippen LogP contribution is -2.39. The van der Waals surface area contributed by atoms with Gasteiger partial charge in [-0.2, -0.15) is 4.31 Å². The summed E-state index contributed by atoms with van der Waals surface area (Å²) in [7, 11) is -3.55. The molecule has 0 aliphatic carbocycles. The number of nitrogens with zero attached hydrogens (tertiary/aromatic N) is 3. The summed E-state index contributed by atoms with van der Waals surface area (Å²) < 4.78 is 35.7. The molecule has 154 valence electrons. The van der Waals surface area contributed by atoms with Gasteiger partial charge in [-0.3, -0.25) is 0 Å². The van der Waals surface area contributed by atoms with E-state index in [9.17, 15) is 8.42 Å². The first-order valence-corrected chi connectivity index (χ1v) is 11.6. The molecule has 29 heavy (non-hydrogen) atoms. The highest BCUT2D eigenvalue weighted by atomic mass is 32.2. The van der Waals surface area contributed by atoms with Gasteiger partial charge in [0.2, 0.25) is 10.0 Å². The molecule has 1 aromatic heterocycles. The van der Waals surface area contributed by atoms with Crippen LogP contribution in [0.2, 0.25) is 0 Å². The Balaban J connectivity index is 1.47. The van der Waals surface area contributed by atoms with Crippen molar-refractivity contribution >= 4 is 21.1 Å². The number of sulfonamides is 1. The van der Waals surface area contributed by atoms with E-state index in [1.165, 1.54) is 0 Å². The average molecular weight is 414 g/mol. The van der Waals surface area contributed by atoms with Gasteiger partial charge in [0.25, 0.3) is 0 Å². The highest BCUT2D eigenvalue weighted by Crippen LogP contribution is 2.30. The quantitative estimate of drug-likeness (QED) is 0.616. The molecule has 3 aromatic rings. The predicted molar refractivity (Wildman–Crippen MR) is 114 cm³/mol. The minimum Gasteiger partial charge on any atom is -0.492 e. The molecule has 0 unspecified atom stereocenters. The van der Waals surface area contributed by atoms with Crippen molar-refractivity contribution in [2.45, 2.75) is 38.1 Å². The summed E-state index contributed by atoms with van der Waals surface area (Å²) in [5, 5.41) is 0. The Morgan fingerprint density at radius 1 is 1.07 bits per heavy atom. The lowest BCUT2D eigenvalue weighted by molar-refractivity contribution is 0.252. The molecule has 1 aliphatic heterocycles. The Morgan fingerprint density at radius 2 is 1.76 bits per heavy atom. The second-order valence-electron chi connectivity index (χ2n) is 7.49. The van der Waals surface area contributed by atoms with Gasteiger partial charge in [-0.15, -0.1) is 0 Å². The van der Waals surface area contributed by atoms with Crippen molar-refractivity contribution in [3.8, 4) is 5.75 Å². The van der Waals surface area contributed by atoms with Crippen LogP contribution in [-0.4, -0.2) is 42.0 Å². The molecule has 4 rings (SSSR count). The lowest BCUT2D eigenvalue weighted by atomic mass is 9.98. The van der Waals surface area contributed by atoms with Gasteiger partial charge in [-0.05, 0) is 56.9 Å². The van der Waals surface area contributed by atoms with Gasteiger partial charge in [0.1, 0.15) is 16.5 Å². The number of aromatic nitrogens is 2. The maximum atomic E-state index is 13.2. The zero-order chi connectivity index (χ0) is 20.4. The molecule has 1 saturated heterocycles. The standard InChI is InChI=1S/C22H27N3O3S/c1-3-28-21-10-6-7-11-22(21)29(26,27)24-14-12-18(13-15-24)16-25-17(2)23-19-8-4-5-9-20(19)25/h4-11,18H,3,12-16H2,1-2H3. The molecule has 1 fully saturated rings. The molecule has 0 atom stereocenters. The fraction of sp³-hybridized carbons (Fsp3) is 0.409. The van der Waals surface area contributed by atoms with E-state index in [-0.39, 0.29) is 4.90 Å². The van der Waals surface area contributed by atoms with Crippen LogP contribution in [0.5, 0.6) is 5.75 Å². The summed E-state index contributed by atoms with van der Waals surface area (Å²) in [4.78, 5) is 4.90. The molecule has 6 nitrogen and oxygen atoms in total. The molecule has 2 aromatic carbocycles. The van der Waals surface area contributed by atoms with Crippen molar-refractivity contribution in [1.82, 2.24) is 13.9 Å². The maximum absolute atomic E-state index is 13.2. The SMILES string of the molecule is CCOc1ccccc1S(=O)(=O)N1CCC(Cn2c(C)nc3ccccc32)CC1. The maximum Gasteiger partial charge on any atom is 0.246 e. The van der Waals surface area contributed by atoms with E-state index in [0.717, 1.165) is 36.2 Å². The van der Waals surface area contributed by atoms with Gasteiger partial charge in [0, 0.05) is 19.6 Å². The largest absolute Gasteiger partial charge is 0.492 e. The summed E-state index contributed by atoms with van der Waals surface area (Å²) in [5.74, 6) is 1.87. The van der Waals surface area contributed by atoms with Crippen LogP contribution in [0.25, 0.3) is 11.0 Å². The summed E-state index contributed by atoms with van der Waals surface area (Å²) >= 11 is 0. The van der Waals surface area contributed by atoms with Crippen molar-refractivity contribution in [3.63, 3.8) is 0 Å². The molecule has 0 spiro atoms. The van der Waals surface area contributed by atoms with Gasteiger partial charge >= 0.3 is 0 Å². The number of piperidine rings is 1. The minimum absolute atomic E-state index is 0.261. The van der Waals surface area contributed by atoms with E-state index in [1.54, 1.807) is 28.6 Å². The van der Waals surface area contributed by atoms with Gasteiger partial charge in [-0.25, -0.2) is 13.4 Å². The molecule has 0 saturated carbocycles. The molecule has 1 aliphatic rings. The number of rotatable bonds is 6. The van der Waals surface area contributed by atoms with Crippen LogP contribution in [0.15, 0.2) is 53.4 Å². The number of para-hydroxylation sites is 3. The van der Waals surface area contributed by atoms with Crippen LogP contribution in [0, 0.1) is 12.8 Å². The number of hydrogen-bond donors (Lipinski definition) is 0. The van der Waals surface area contributed by atoms with Crippen LogP contribution in [-0.2, 0) is 16.6 Å². The van der Waals surface area contributed by atoms with E-state index >= 15 is 0 Å². The average Bonchev–Trinajstić information content (AvgIpc) is 3.04. The lowest BCUT2D eigenvalue weighted by Gasteiger charge is -2.32. The van der Waals surface area contributed by atoms with Gasteiger partial charge in [-0.1, -0.05) is 24.3 Å². The molecule has 0 radical (unpaired) electrons. The first-order chi connectivity index (χ1) is 14.0. The number of benzene rings is 2. The summed E-state index contributed by atoms with van der Waals surface area (Å²) in [6.07, 6.45) is 1.67. The third-order valence-corrected chi connectivity index (χ3v) is 7.56. The molecule has 2 heterocycles. The normalized spacial score (nSPS) is 16.3. The summed E-state index contributed by atoms with van der Waals surface area (Å²) in [6.45, 7) is 6.25. The van der Waals surface area contributed by atoms with Crippen LogP contribution < -0.4 is 4.74 Å². The third-order valence-electron chi connectivity index (χ3n) is 5.63. The fourth-order valence-corrected chi connectivity index (χ4v) is 5.70. The van der Waals surface area contributed by atoms with Crippen molar-refractivity contribution < 1.29 is 13.2 Å². The second kappa shape index (κ2) is 8.16. The predicted octanol–water partition coefficient (Wildman–Crippen LogP) is 3.84. The highest BCUT2D eigenvalue weighted by molar-refractivity contribution is 7.89. The van der Waals surface area contributed by atoms with Crippen molar-refractivity contribution in [2.75, 3.05) is 19.7 Å². The second-order valence-corrected chi connectivity index (χ2v) is 9.39. The van der Waals surface area contributed by atoms with Crippen LogP contribution in [0.1, 0.15) is 25.6 Å². The van der Waals surface area contributed by atoms with Gasteiger partial charge in [0.15, 0.2) is 0 Å². The highest BCUT2D eigenvalue weighted by Gasteiger charge is 2.31. The Labute approximate surface area is 172 Å². The van der Waals surface area contributed by atoms with Crippen molar-refractivity contribution in [3.05, 3.63) is 54.4 Å². The molecule has 0 bridgehead atoms. The first kappa shape index (κ1) is 19.9. The summed E-state index contributed by atoms with van der Waals surface area (Å²) in [6, 6.07) is 15.1. The van der Waals surface area contributed by atoms with Crippen LogP contribution >= 0.6 is 0 Å². The van der Waals surface area contributed by atoms with Crippen molar-refractivity contribution in [1.29, 1.82) is 0 Å². The number of imidazole rings is 1. The molecule has 0 amide bonds. The van der Waals surface area contributed by atoms with Gasteiger partial charge in [0.05, 0.1) is 17.6 Å². The van der Waals surface area contributed by atoms with Crippen LogP contribution in [0.3, 0.4) is 0 Å². The third kappa shape index (κ3) is 3.89. The van der Waals surface area contributed by atoms with E-state index in [2.05, 4.69) is 15.6 Å². The Kier molecular flexibility index (Phi) is 5.61. The van der Waals surface area contributed by atoms with Crippen LogP contribution in [0.4, 0.5) is 0 Å². The zero-order valence-electron chi connectivity index (χ0n) is 16.9. The number of hydrogen-bond acceptors (Lipinski definition) is 4. The monoisotopic (exact) mass is 413 g/mol. The van der Waals surface area contributed by atoms with Gasteiger partial charge < -0.3 is 9.30 Å². The van der Waals surface area contributed by atoms with E-state index in [1.807, 2.05) is 32.0 Å². The molecular weight excluding hydrogens is 386 g/mol. The molecular formula is C22H27N3O3S. The first-order valence-electron chi connectivity index (χ1n) is 10.1. The Hall–Kier alpha value is -2.38. The Bertz CT molecular complexity index is 1100. The van der Waals surface area contributed by atoms with Crippen molar-refractivity contribution in [2.24, 2.45) is 5.92 Å². The van der Waals surface area contributed by atoms with E-state index in [4.69, 9.17) is 4.74 Å². The number of fused-ring (bicyclic) bond motifs is 1.